The van der Waals surface area contributed by atoms with E-state index >= 15 is 0 Å². The molecule has 1 unspecified atom stereocenters. The fourth-order valence-corrected chi connectivity index (χ4v) is 3.73. The third kappa shape index (κ3) is 3.07. The summed E-state index contributed by atoms with van der Waals surface area (Å²) in [6, 6.07) is 14.0. The van der Waals surface area contributed by atoms with Gasteiger partial charge in [-0.1, -0.05) is 31.2 Å². The van der Waals surface area contributed by atoms with Crippen LogP contribution in [0, 0.1) is 0 Å². The molecule has 0 radical (unpaired) electrons. The summed E-state index contributed by atoms with van der Waals surface area (Å²) >= 11 is 1.94. The van der Waals surface area contributed by atoms with E-state index in [1.165, 1.54) is 34.6 Å². The van der Waals surface area contributed by atoms with Crippen LogP contribution in [-0.4, -0.2) is 6.04 Å². The van der Waals surface area contributed by atoms with E-state index in [9.17, 15) is 0 Å². The van der Waals surface area contributed by atoms with E-state index in [0.717, 1.165) is 13.0 Å². The molecule has 1 aromatic carbocycles. The maximum Gasteiger partial charge on any atom is 0.0302 e. The lowest BCUT2D eigenvalue weighted by Gasteiger charge is -2.25. The number of fused-ring (bicyclic) bond motifs is 1. The van der Waals surface area contributed by atoms with Crippen molar-refractivity contribution in [2.75, 3.05) is 0 Å². The quantitative estimate of drug-likeness (QED) is 0.887. The standard InChI is InChI=1S/C17H21NS/c1-2-16-9-10-17(19-16)12-18-15-8-7-13-5-3-4-6-14(13)11-15/h3-6,9-10,15,18H,2,7-8,11-12H2,1H3. The van der Waals surface area contributed by atoms with E-state index in [-0.39, 0.29) is 0 Å². The molecule has 0 saturated heterocycles. The van der Waals surface area contributed by atoms with Crippen LogP contribution in [0.15, 0.2) is 36.4 Å². The lowest BCUT2D eigenvalue weighted by Crippen LogP contribution is -2.33. The van der Waals surface area contributed by atoms with Gasteiger partial charge in [0.25, 0.3) is 0 Å². The van der Waals surface area contributed by atoms with Crippen LogP contribution in [-0.2, 0) is 25.8 Å². The second-order valence-electron chi connectivity index (χ2n) is 5.31. The highest BCUT2D eigenvalue weighted by atomic mass is 32.1. The van der Waals surface area contributed by atoms with E-state index in [4.69, 9.17) is 0 Å². The summed E-state index contributed by atoms with van der Waals surface area (Å²) < 4.78 is 0. The summed E-state index contributed by atoms with van der Waals surface area (Å²) in [5.41, 5.74) is 3.08. The Morgan fingerprint density at radius 1 is 1.11 bits per heavy atom. The highest BCUT2D eigenvalue weighted by molar-refractivity contribution is 7.11. The van der Waals surface area contributed by atoms with Gasteiger partial charge >= 0.3 is 0 Å². The second-order valence-corrected chi connectivity index (χ2v) is 6.56. The Kier molecular flexibility index (Phi) is 4.00. The first-order valence-corrected chi connectivity index (χ1v) is 8.04. The molecule has 0 spiro atoms. The molecule has 2 aromatic rings. The van der Waals surface area contributed by atoms with Crippen molar-refractivity contribution in [3.63, 3.8) is 0 Å². The van der Waals surface area contributed by atoms with Crippen LogP contribution in [0.3, 0.4) is 0 Å². The Balaban J connectivity index is 1.57. The Bertz CT molecular complexity index is 544. The highest BCUT2D eigenvalue weighted by Crippen LogP contribution is 2.22. The number of thiophene rings is 1. The highest BCUT2D eigenvalue weighted by Gasteiger charge is 2.17. The first kappa shape index (κ1) is 12.9. The topological polar surface area (TPSA) is 12.0 Å². The molecule has 1 aromatic heterocycles. The first-order chi connectivity index (χ1) is 9.35. The summed E-state index contributed by atoms with van der Waals surface area (Å²) in [4.78, 5) is 2.96. The number of rotatable bonds is 4. The van der Waals surface area contributed by atoms with Gasteiger partial charge in [0.05, 0.1) is 0 Å². The maximum atomic E-state index is 3.73. The van der Waals surface area contributed by atoms with Gasteiger partial charge in [0.15, 0.2) is 0 Å². The summed E-state index contributed by atoms with van der Waals surface area (Å²) in [6.45, 7) is 3.25. The van der Waals surface area contributed by atoms with Crippen LogP contribution < -0.4 is 5.32 Å². The van der Waals surface area contributed by atoms with Crippen LogP contribution >= 0.6 is 11.3 Å². The smallest absolute Gasteiger partial charge is 0.0302 e. The molecule has 3 rings (SSSR count). The van der Waals surface area contributed by atoms with Crippen LogP contribution in [0.2, 0.25) is 0 Å². The van der Waals surface area contributed by atoms with Gasteiger partial charge in [0.1, 0.15) is 0 Å². The molecule has 0 fully saturated rings. The SMILES string of the molecule is CCc1ccc(CNC2CCc3ccccc3C2)s1. The zero-order valence-electron chi connectivity index (χ0n) is 11.5. The van der Waals surface area contributed by atoms with Gasteiger partial charge in [-0.05, 0) is 48.9 Å². The molecule has 1 aliphatic carbocycles. The molecule has 0 aliphatic heterocycles. The average molecular weight is 271 g/mol. The van der Waals surface area contributed by atoms with Crippen LogP contribution in [0.4, 0.5) is 0 Å². The van der Waals surface area contributed by atoms with E-state index in [1.807, 2.05) is 11.3 Å². The fraction of sp³-hybridized carbons (Fsp3) is 0.412. The summed E-state index contributed by atoms with van der Waals surface area (Å²) in [7, 11) is 0. The van der Waals surface area contributed by atoms with Gasteiger partial charge in [-0.15, -0.1) is 11.3 Å². The molecule has 2 heteroatoms. The van der Waals surface area contributed by atoms with Crippen LogP contribution in [0.25, 0.3) is 0 Å². The molecule has 1 atom stereocenters. The lowest BCUT2D eigenvalue weighted by atomic mass is 9.88. The monoisotopic (exact) mass is 271 g/mol. The van der Waals surface area contributed by atoms with E-state index in [2.05, 4.69) is 48.6 Å². The third-order valence-electron chi connectivity index (χ3n) is 3.98. The zero-order valence-corrected chi connectivity index (χ0v) is 12.3. The maximum absolute atomic E-state index is 3.73. The molecule has 100 valence electrons. The minimum absolute atomic E-state index is 0.641. The molecule has 0 saturated carbocycles. The molecule has 1 N–H and O–H groups in total. The molecular formula is C17H21NS. The van der Waals surface area contributed by atoms with Crippen molar-refractivity contribution in [3.05, 3.63) is 57.3 Å². The molecule has 1 nitrogen and oxygen atoms in total. The minimum atomic E-state index is 0.641. The molecule has 0 bridgehead atoms. The second kappa shape index (κ2) is 5.89. The molecule has 1 heterocycles. The van der Waals surface area contributed by atoms with Crippen molar-refractivity contribution in [3.8, 4) is 0 Å². The van der Waals surface area contributed by atoms with Gasteiger partial charge in [0, 0.05) is 22.3 Å². The normalized spacial score (nSPS) is 18.3. The predicted molar refractivity (Wildman–Crippen MR) is 82.8 cm³/mol. The van der Waals surface area contributed by atoms with Crippen molar-refractivity contribution in [2.24, 2.45) is 0 Å². The molecule has 19 heavy (non-hydrogen) atoms. The van der Waals surface area contributed by atoms with Crippen molar-refractivity contribution in [1.29, 1.82) is 0 Å². The largest absolute Gasteiger partial charge is 0.309 e. The fourth-order valence-electron chi connectivity index (χ4n) is 2.82. The Morgan fingerprint density at radius 3 is 2.68 bits per heavy atom. The minimum Gasteiger partial charge on any atom is -0.309 e. The first-order valence-electron chi connectivity index (χ1n) is 7.23. The number of aryl methyl sites for hydroxylation is 2. The van der Waals surface area contributed by atoms with E-state index in [0.29, 0.717) is 6.04 Å². The molecule has 0 amide bonds. The zero-order chi connectivity index (χ0) is 13.1. The average Bonchev–Trinajstić information content (AvgIpc) is 2.93. The molecule has 1 aliphatic rings. The van der Waals surface area contributed by atoms with Crippen molar-refractivity contribution in [2.45, 2.75) is 45.2 Å². The summed E-state index contributed by atoms with van der Waals surface area (Å²) in [5.74, 6) is 0. The van der Waals surface area contributed by atoms with Gasteiger partial charge in [0.2, 0.25) is 0 Å². The van der Waals surface area contributed by atoms with Crippen molar-refractivity contribution < 1.29 is 0 Å². The Labute approximate surface area is 119 Å². The number of hydrogen-bond acceptors (Lipinski definition) is 2. The predicted octanol–water partition coefficient (Wildman–Crippen LogP) is 3.96. The van der Waals surface area contributed by atoms with Gasteiger partial charge < -0.3 is 5.32 Å². The summed E-state index contributed by atoms with van der Waals surface area (Å²) in [6.07, 6.45) is 4.82. The van der Waals surface area contributed by atoms with E-state index in [1.54, 1.807) is 5.56 Å². The Morgan fingerprint density at radius 2 is 1.89 bits per heavy atom. The van der Waals surface area contributed by atoms with Crippen LogP contribution in [0.1, 0.15) is 34.2 Å². The van der Waals surface area contributed by atoms with Gasteiger partial charge in [-0.2, -0.15) is 0 Å². The van der Waals surface area contributed by atoms with Crippen molar-refractivity contribution in [1.82, 2.24) is 5.32 Å². The number of benzene rings is 1. The van der Waals surface area contributed by atoms with Gasteiger partial charge in [-0.25, -0.2) is 0 Å². The van der Waals surface area contributed by atoms with Gasteiger partial charge in [-0.3, -0.25) is 0 Å². The Hall–Kier alpha value is -1.12. The number of nitrogens with one attached hydrogen (secondary N) is 1. The van der Waals surface area contributed by atoms with Crippen molar-refractivity contribution >= 4 is 11.3 Å². The van der Waals surface area contributed by atoms with Crippen LogP contribution in [0.5, 0.6) is 0 Å². The number of hydrogen-bond donors (Lipinski definition) is 1. The molecular weight excluding hydrogens is 250 g/mol. The van der Waals surface area contributed by atoms with E-state index < -0.39 is 0 Å². The summed E-state index contributed by atoms with van der Waals surface area (Å²) in [5, 5.41) is 3.73. The lowest BCUT2D eigenvalue weighted by molar-refractivity contribution is 0.459. The third-order valence-corrected chi connectivity index (χ3v) is 5.21.